The molecule has 0 atom stereocenters. The lowest BCUT2D eigenvalue weighted by molar-refractivity contribution is -0.116. The molecule has 0 aliphatic heterocycles. The van der Waals surface area contributed by atoms with Gasteiger partial charge in [0.15, 0.2) is 0 Å². The van der Waals surface area contributed by atoms with Crippen LogP contribution in [0.3, 0.4) is 0 Å². The van der Waals surface area contributed by atoms with Gasteiger partial charge in [0.05, 0.1) is 0 Å². The topological polar surface area (TPSA) is 29.1 Å². The van der Waals surface area contributed by atoms with E-state index in [-0.39, 0.29) is 5.91 Å². The molecule has 0 radical (unpaired) electrons. The molecule has 1 N–H and O–H groups in total. The summed E-state index contributed by atoms with van der Waals surface area (Å²) in [6.45, 7) is 6.41. The van der Waals surface area contributed by atoms with Crippen molar-refractivity contribution in [2.24, 2.45) is 0 Å². The summed E-state index contributed by atoms with van der Waals surface area (Å²) in [5.74, 6) is 0.147. The van der Waals surface area contributed by atoms with Gasteiger partial charge in [-0.05, 0) is 48.1 Å². The normalized spacial score (nSPS) is 12.9. The molecule has 0 bridgehead atoms. The zero-order valence-corrected chi connectivity index (χ0v) is 19.6. The van der Waals surface area contributed by atoms with E-state index in [2.05, 4.69) is 31.0 Å². The van der Waals surface area contributed by atoms with Gasteiger partial charge in [0.25, 0.3) is 0 Å². The second-order valence-corrected chi connectivity index (χ2v) is 9.22. The highest BCUT2D eigenvalue weighted by Gasteiger charge is 2.15. The van der Waals surface area contributed by atoms with E-state index in [0.717, 1.165) is 24.9 Å². The number of hydrogen-bond donors (Lipinski definition) is 1. The number of rotatable bonds is 17. The van der Waals surface area contributed by atoms with Crippen molar-refractivity contribution in [3.05, 3.63) is 35.9 Å². The van der Waals surface area contributed by atoms with Gasteiger partial charge in [0.1, 0.15) is 0 Å². The Kier molecular flexibility index (Phi) is 12.6. The number of allylic oxidation sites excluding steroid dienone is 1. The lowest BCUT2D eigenvalue weighted by Crippen LogP contribution is -2.11. The summed E-state index contributed by atoms with van der Waals surface area (Å²) in [4.78, 5) is 12.2. The van der Waals surface area contributed by atoms with Crippen LogP contribution in [0.25, 0.3) is 5.57 Å². The van der Waals surface area contributed by atoms with Crippen LogP contribution in [0.2, 0.25) is 0 Å². The van der Waals surface area contributed by atoms with Gasteiger partial charge < -0.3 is 5.32 Å². The van der Waals surface area contributed by atoms with Crippen molar-refractivity contribution in [2.75, 3.05) is 5.32 Å². The number of benzene rings is 1. The lowest BCUT2D eigenvalue weighted by Gasteiger charge is -2.08. The maximum Gasteiger partial charge on any atom is 0.224 e. The number of nitrogens with one attached hydrogen (secondary N) is 1. The Morgan fingerprint density at radius 2 is 1.33 bits per heavy atom. The number of amides is 1. The third-order valence-electron chi connectivity index (χ3n) is 6.48. The average molecular weight is 412 g/mol. The Morgan fingerprint density at radius 3 is 1.90 bits per heavy atom. The SMILES string of the molecule is C=C1CCc2ccc(NC(=O)CCCCCCCCCCCCCCCCC)cc21. The Bertz CT molecular complexity index is 634. The molecule has 0 fully saturated rings. The molecule has 0 spiro atoms. The van der Waals surface area contributed by atoms with Crippen LogP contribution in [-0.4, -0.2) is 5.91 Å². The highest BCUT2D eigenvalue weighted by atomic mass is 16.1. The minimum absolute atomic E-state index is 0.147. The highest BCUT2D eigenvalue weighted by Crippen LogP contribution is 2.32. The lowest BCUT2D eigenvalue weighted by atomic mass is 10.0. The van der Waals surface area contributed by atoms with Crippen LogP contribution >= 0.6 is 0 Å². The fourth-order valence-electron chi connectivity index (χ4n) is 4.50. The molecule has 1 aromatic rings. The predicted molar refractivity (Wildman–Crippen MR) is 132 cm³/mol. The fourth-order valence-corrected chi connectivity index (χ4v) is 4.50. The molecule has 30 heavy (non-hydrogen) atoms. The van der Waals surface area contributed by atoms with Crippen molar-refractivity contribution in [1.29, 1.82) is 0 Å². The maximum absolute atomic E-state index is 12.2. The highest BCUT2D eigenvalue weighted by molar-refractivity contribution is 5.91. The zero-order valence-electron chi connectivity index (χ0n) is 19.6. The van der Waals surface area contributed by atoms with Crippen LogP contribution in [0.1, 0.15) is 127 Å². The summed E-state index contributed by atoms with van der Waals surface area (Å²) >= 11 is 0. The van der Waals surface area contributed by atoms with Crippen molar-refractivity contribution < 1.29 is 4.79 Å². The van der Waals surface area contributed by atoms with Crippen molar-refractivity contribution >= 4 is 17.2 Å². The minimum atomic E-state index is 0.147. The van der Waals surface area contributed by atoms with Crippen LogP contribution in [0.4, 0.5) is 5.69 Å². The monoisotopic (exact) mass is 411 g/mol. The van der Waals surface area contributed by atoms with Gasteiger partial charge in [-0.3, -0.25) is 4.79 Å². The first-order chi connectivity index (χ1) is 14.7. The van der Waals surface area contributed by atoms with Crippen molar-refractivity contribution in [3.8, 4) is 0 Å². The predicted octanol–water partition coefficient (Wildman–Crippen LogP) is 8.85. The van der Waals surface area contributed by atoms with Gasteiger partial charge in [0, 0.05) is 12.1 Å². The third kappa shape index (κ3) is 9.96. The molecule has 1 aromatic carbocycles. The second kappa shape index (κ2) is 15.3. The van der Waals surface area contributed by atoms with E-state index in [1.165, 1.54) is 107 Å². The van der Waals surface area contributed by atoms with E-state index >= 15 is 0 Å². The summed E-state index contributed by atoms with van der Waals surface area (Å²) in [5.41, 5.74) is 4.71. The molecule has 2 heteroatoms. The smallest absolute Gasteiger partial charge is 0.224 e. The van der Waals surface area contributed by atoms with Gasteiger partial charge >= 0.3 is 0 Å². The van der Waals surface area contributed by atoms with E-state index in [0.29, 0.717) is 6.42 Å². The van der Waals surface area contributed by atoms with E-state index in [1.54, 1.807) is 0 Å². The first-order valence-electron chi connectivity index (χ1n) is 12.8. The van der Waals surface area contributed by atoms with Crippen LogP contribution in [0.5, 0.6) is 0 Å². The summed E-state index contributed by atoms with van der Waals surface area (Å²) < 4.78 is 0. The summed E-state index contributed by atoms with van der Waals surface area (Å²) in [6.07, 6.45) is 23.1. The zero-order chi connectivity index (χ0) is 21.4. The van der Waals surface area contributed by atoms with Crippen LogP contribution < -0.4 is 5.32 Å². The van der Waals surface area contributed by atoms with Gasteiger partial charge in [-0.15, -0.1) is 0 Å². The van der Waals surface area contributed by atoms with E-state index in [4.69, 9.17) is 0 Å². The minimum Gasteiger partial charge on any atom is -0.326 e. The summed E-state index contributed by atoms with van der Waals surface area (Å²) in [6, 6.07) is 6.26. The molecule has 1 aliphatic carbocycles. The number of fused-ring (bicyclic) bond motifs is 1. The fraction of sp³-hybridized carbons (Fsp3) is 0.679. The standard InChI is InChI=1S/C28H45NO/c1-3-4-5-6-7-8-9-10-11-12-13-14-15-16-17-18-28(30)29-26-22-21-25-20-19-24(2)27(25)23-26/h21-23H,2-20H2,1H3,(H,29,30). The molecule has 0 aromatic heterocycles. The van der Waals surface area contributed by atoms with Crippen molar-refractivity contribution in [1.82, 2.24) is 0 Å². The van der Waals surface area contributed by atoms with E-state index < -0.39 is 0 Å². The van der Waals surface area contributed by atoms with E-state index in [1.807, 2.05) is 6.07 Å². The Labute approximate surface area is 185 Å². The largest absolute Gasteiger partial charge is 0.326 e. The Balaban J connectivity index is 1.38. The first-order valence-corrected chi connectivity index (χ1v) is 12.8. The summed E-state index contributed by atoms with van der Waals surface area (Å²) in [5, 5.41) is 3.06. The molecule has 0 unspecified atom stereocenters. The number of carbonyl (C=O) groups excluding carboxylic acids is 1. The maximum atomic E-state index is 12.2. The Hall–Kier alpha value is -1.57. The number of hydrogen-bond acceptors (Lipinski definition) is 1. The van der Waals surface area contributed by atoms with Crippen LogP contribution in [0, 0.1) is 0 Å². The molecule has 1 amide bonds. The van der Waals surface area contributed by atoms with Crippen LogP contribution in [0.15, 0.2) is 24.8 Å². The van der Waals surface area contributed by atoms with Gasteiger partial charge in [-0.1, -0.05) is 109 Å². The molecule has 1 aliphatic rings. The Morgan fingerprint density at radius 1 is 0.800 bits per heavy atom. The number of carbonyl (C=O) groups is 1. The number of anilines is 1. The van der Waals surface area contributed by atoms with Crippen molar-refractivity contribution in [3.63, 3.8) is 0 Å². The van der Waals surface area contributed by atoms with Gasteiger partial charge in [-0.2, -0.15) is 0 Å². The van der Waals surface area contributed by atoms with Gasteiger partial charge in [0.2, 0.25) is 5.91 Å². The first kappa shape index (κ1) is 24.7. The number of unbranched alkanes of at least 4 members (excludes halogenated alkanes) is 14. The molecule has 0 saturated heterocycles. The molecular weight excluding hydrogens is 366 g/mol. The second-order valence-electron chi connectivity index (χ2n) is 9.22. The van der Waals surface area contributed by atoms with Crippen LogP contribution in [-0.2, 0) is 11.2 Å². The molecule has 2 nitrogen and oxygen atoms in total. The molecular formula is C28H45NO. The molecule has 168 valence electrons. The average Bonchev–Trinajstić information content (AvgIpc) is 3.11. The van der Waals surface area contributed by atoms with E-state index in [9.17, 15) is 4.79 Å². The summed E-state index contributed by atoms with van der Waals surface area (Å²) in [7, 11) is 0. The van der Waals surface area contributed by atoms with Crippen molar-refractivity contribution in [2.45, 2.75) is 122 Å². The quantitative estimate of drug-likeness (QED) is 0.255. The van der Waals surface area contributed by atoms with Gasteiger partial charge in [-0.25, -0.2) is 0 Å². The molecule has 2 rings (SSSR count). The number of aryl methyl sites for hydroxylation is 1. The molecule has 0 saturated carbocycles. The molecule has 0 heterocycles. The third-order valence-corrected chi connectivity index (χ3v) is 6.48.